The predicted molar refractivity (Wildman–Crippen MR) is 117 cm³/mol. The number of nitrogens with two attached hydrogens (primary N) is 1. The van der Waals surface area contributed by atoms with Gasteiger partial charge in [-0.1, -0.05) is 13.8 Å². The summed E-state index contributed by atoms with van der Waals surface area (Å²) in [5, 5.41) is 2.78. The van der Waals surface area contributed by atoms with E-state index in [4.69, 9.17) is 10.5 Å². The Labute approximate surface area is 179 Å². The lowest BCUT2D eigenvalue weighted by Gasteiger charge is -2.32. The number of aromatic nitrogens is 1. The van der Waals surface area contributed by atoms with Gasteiger partial charge < -0.3 is 20.7 Å². The van der Waals surface area contributed by atoms with Crippen molar-refractivity contribution in [3.05, 3.63) is 23.4 Å². The number of hydrogen-bond acceptors (Lipinski definition) is 4. The molecular weight excluding hydrogens is 382 g/mol. The first kappa shape index (κ1) is 23.6. The molecule has 8 nitrogen and oxygen atoms in total. The lowest BCUT2D eigenvalue weighted by atomic mass is 9.92. The minimum absolute atomic E-state index is 0.111. The van der Waals surface area contributed by atoms with Gasteiger partial charge in [-0.25, -0.2) is 4.98 Å². The van der Waals surface area contributed by atoms with Gasteiger partial charge in [0.25, 0.3) is 11.8 Å². The highest BCUT2D eigenvalue weighted by atomic mass is 16.5. The van der Waals surface area contributed by atoms with Crippen LogP contribution in [0.1, 0.15) is 62.5 Å². The van der Waals surface area contributed by atoms with E-state index < -0.39 is 0 Å². The van der Waals surface area contributed by atoms with Crippen molar-refractivity contribution in [2.24, 2.45) is 22.6 Å². The lowest BCUT2D eigenvalue weighted by molar-refractivity contribution is -0.120. The molecule has 0 aromatic carbocycles. The van der Waals surface area contributed by atoms with Gasteiger partial charge in [-0.2, -0.15) is 4.99 Å². The van der Waals surface area contributed by atoms with Crippen molar-refractivity contribution < 1.29 is 14.3 Å². The molecule has 1 saturated heterocycles. The molecule has 3 N–H and O–H groups in total. The van der Waals surface area contributed by atoms with Crippen LogP contribution in [0.4, 0.5) is 0 Å². The highest BCUT2D eigenvalue weighted by molar-refractivity contribution is 5.95. The molecule has 0 unspecified atom stereocenters. The minimum Gasteiger partial charge on any atom is -0.478 e. The number of hydrogen-bond donors (Lipinski definition) is 2. The standard InChI is InChI=1S/C22H35N5O3/c1-5-24-21(29)18-8-9-19(25-16(18)4)30-14-6-7-17-10-12-27(13-11-17)22(23)26-20(28)15(2)3/h8-9,15,17H,5-7,10-14H2,1-4H3,(H,24,29)(H2,23,26,28). The summed E-state index contributed by atoms with van der Waals surface area (Å²) < 4.78 is 5.77. The molecule has 2 rings (SSSR count). The number of aryl methyl sites for hydroxylation is 1. The molecule has 1 aliphatic rings. The van der Waals surface area contributed by atoms with Crippen molar-refractivity contribution >= 4 is 17.8 Å². The summed E-state index contributed by atoms with van der Waals surface area (Å²) in [4.78, 5) is 34.0. The van der Waals surface area contributed by atoms with Crippen molar-refractivity contribution in [1.82, 2.24) is 15.2 Å². The van der Waals surface area contributed by atoms with Gasteiger partial charge in [0.2, 0.25) is 5.88 Å². The van der Waals surface area contributed by atoms with E-state index in [1.165, 1.54) is 0 Å². The van der Waals surface area contributed by atoms with Crippen LogP contribution in [0.25, 0.3) is 0 Å². The van der Waals surface area contributed by atoms with Gasteiger partial charge in [0, 0.05) is 31.6 Å². The molecule has 30 heavy (non-hydrogen) atoms. The topological polar surface area (TPSA) is 110 Å². The van der Waals surface area contributed by atoms with Crippen molar-refractivity contribution in [2.45, 2.75) is 53.4 Å². The fourth-order valence-corrected chi connectivity index (χ4v) is 3.43. The third kappa shape index (κ3) is 7.00. The Morgan fingerprint density at radius 1 is 1.33 bits per heavy atom. The highest BCUT2D eigenvalue weighted by Crippen LogP contribution is 2.22. The number of ether oxygens (including phenoxy) is 1. The average Bonchev–Trinajstić information content (AvgIpc) is 2.71. The van der Waals surface area contributed by atoms with Gasteiger partial charge in [-0.3, -0.25) is 9.59 Å². The minimum atomic E-state index is -0.172. The molecule has 166 valence electrons. The first-order chi connectivity index (χ1) is 14.3. The fraction of sp³-hybridized carbons (Fsp3) is 0.636. The Kier molecular flexibility index (Phi) is 9.08. The first-order valence-electron chi connectivity index (χ1n) is 10.8. The fourth-order valence-electron chi connectivity index (χ4n) is 3.43. The van der Waals surface area contributed by atoms with Crippen LogP contribution in [0, 0.1) is 18.8 Å². The molecule has 0 bridgehead atoms. The number of nitrogens with one attached hydrogen (secondary N) is 1. The quantitative estimate of drug-likeness (QED) is 0.382. The SMILES string of the molecule is CCNC(=O)c1ccc(OCCCC2CCN(C(N)=NC(=O)C(C)C)CC2)nc1C. The molecule has 0 saturated carbocycles. The first-order valence-corrected chi connectivity index (χ1v) is 10.8. The molecular formula is C22H35N5O3. The average molecular weight is 418 g/mol. The van der Waals surface area contributed by atoms with Crippen molar-refractivity contribution in [3.8, 4) is 5.88 Å². The summed E-state index contributed by atoms with van der Waals surface area (Å²) in [7, 11) is 0. The van der Waals surface area contributed by atoms with Gasteiger partial charge in [0.15, 0.2) is 5.96 Å². The van der Waals surface area contributed by atoms with E-state index in [1.807, 2.05) is 32.6 Å². The molecule has 1 aromatic heterocycles. The molecule has 0 radical (unpaired) electrons. The Morgan fingerprint density at radius 3 is 2.63 bits per heavy atom. The van der Waals surface area contributed by atoms with Crippen LogP contribution in [-0.2, 0) is 4.79 Å². The molecule has 2 heterocycles. The van der Waals surface area contributed by atoms with Crippen molar-refractivity contribution in [3.63, 3.8) is 0 Å². The van der Waals surface area contributed by atoms with Crippen molar-refractivity contribution in [1.29, 1.82) is 0 Å². The van der Waals surface area contributed by atoms with Gasteiger partial charge >= 0.3 is 0 Å². The van der Waals surface area contributed by atoms with Crippen LogP contribution >= 0.6 is 0 Å². The molecule has 1 aromatic rings. The van der Waals surface area contributed by atoms with E-state index in [0.717, 1.165) is 38.8 Å². The second-order valence-corrected chi connectivity index (χ2v) is 8.03. The van der Waals surface area contributed by atoms with Crippen LogP contribution in [0.15, 0.2) is 17.1 Å². The van der Waals surface area contributed by atoms with Gasteiger partial charge in [0.1, 0.15) is 0 Å². The number of amides is 2. The zero-order valence-corrected chi connectivity index (χ0v) is 18.6. The molecule has 0 atom stereocenters. The summed E-state index contributed by atoms with van der Waals surface area (Å²) in [5.41, 5.74) is 7.23. The maximum atomic E-state index is 11.9. The Balaban J connectivity index is 1.70. The van der Waals surface area contributed by atoms with Crippen LogP contribution in [0.5, 0.6) is 5.88 Å². The second-order valence-electron chi connectivity index (χ2n) is 8.03. The van der Waals surface area contributed by atoms with E-state index in [-0.39, 0.29) is 17.7 Å². The maximum Gasteiger partial charge on any atom is 0.253 e. The van der Waals surface area contributed by atoms with Gasteiger partial charge in [0.05, 0.1) is 17.9 Å². The summed E-state index contributed by atoms with van der Waals surface area (Å²) in [6.07, 6.45) is 4.08. The van der Waals surface area contributed by atoms with Crippen molar-refractivity contribution in [2.75, 3.05) is 26.2 Å². The molecule has 2 amide bonds. The highest BCUT2D eigenvalue weighted by Gasteiger charge is 2.21. The largest absolute Gasteiger partial charge is 0.478 e. The Morgan fingerprint density at radius 2 is 2.03 bits per heavy atom. The maximum absolute atomic E-state index is 11.9. The zero-order valence-electron chi connectivity index (χ0n) is 18.6. The number of likely N-dealkylation sites (tertiary alicyclic amines) is 1. The van der Waals surface area contributed by atoms with Gasteiger partial charge in [-0.15, -0.1) is 0 Å². The van der Waals surface area contributed by atoms with Crippen LogP contribution in [0.2, 0.25) is 0 Å². The van der Waals surface area contributed by atoms with Crippen LogP contribution in [0.3, 0.4) is 0 Å². The third-order valence-corrected chi connectivity index (χ3v) is 5.31. The van der Waals surface area contributed by atoms with Gasteiger partial charge in [-0.05, 0) is 51.5 Å². The number of nitrogens with zero attached hydrogens (tertiary/aromatic N) is 3. The van der Waals surface area contributed by atoms with E-state index in [2.05, 4.69) is 15.3 Å². The number of pyridine rings is 1. The lowest BCUT2D eigenvalue weighted by Crippen LogP contribution is -2.43. The zero-order chi connectivity index (χ0) is 22.1. The Hall–Kier alpha value is -2.64. The number of rotatable bonds is 8. The van der Waals surface area contributed by atoms with E-state index in [0.29, 0.717) is 42.2 Å². The summed E-state index contributed by atoms with van der Waals surface area (Å²) in [6, 6.07) is 3.50. The van der Waals surface area contributed by atoms with E-state index in [1.54, 1.807) is 12.1 Å². The molecule has 0 aliphatic carbocycles. The summed E-state index contributed by atoms with van der Waals surface area (Å²) in [6.45, 7) is 10.2. The predicted octanol–water partition coefficient (Wildman–Crippen LogP) is 2.51. The smallest absolute Gasteiger partial charge is 0.253 e. The summed E-state index contributed by atoms with van der Waals surface area (Å²) in [5.74, 6) is 1.09. The summed E-state index contributed by atoms with van der Waals surface area (Å²) >= 11 is 0. The van der Waals surface area contributed by atoms with Crippen LogP contribution < -0.4 is 15.8 Å². The number of aliphatic imine (C=N–C) groups is 1. The monoisotopic (exact) mass is 417 g/mol. The molecule has 0 spiro atoms. The molecule has 8 heteroatoms. The van der Waals surface area contributed by atoms with E-state index in [9.17, 15) is 9.59 Å². The van der Waals surface area contributed by atoms with E-state index >= 15 is 0 Å². The Bertz CT molecular complexity index is 755. The number of piperidine rings is 1. The number of carbonyl (C=O) groups excluding carboxylic acids is 2. The van der Waals surface area contributed by atoms with Crippen LogP contribution in [-0.4, -0.2) is 53.9 Å². The molecule has 1 fully saturated rings. The number of guanidine groups is 1. The molecule has 1 aliphatic heterocycles. The third-order valence-electron chi connectivity index (χ3n) is 5.31. The second kappa shape index (κ2) is 11.5. The normalized spacial score (nSPS) is 15.4. The number of carbonyl (C=O) groups is 2.